The Bertz CT molecular complexity index is 526. The zero-order valence-corrected chi connectivity index (χ0v) is 12.1. The molecule has 0 fully saturated rings. The first-order valence-corrected chi connectivity index (χ1v) is 6.86. The van der Waals surface area contributed by atoms with Gasteiger partial charge in [0, 0.05) is 24.2 Å². The van der Waals surface area contributed by atoms with Crippen LogP contribution < -0.4 is 5.73 Å². The Morgan fingerprint density at radius 1 is 1.21 bits per heavy atom. The summed E-state index contributed by atoms with van der Waals surface area (Å²) in [4.78, 5) is 0. The molecule has 0 bridgehead atoms. The minimum absolute atomic E-state index is 0.249. The Hall–Kier alpha value is -1.61. The highest BCUT2D eigenvalue weighted by Gasteiger charge is 2.22. The van der Waals surface area contributed by atoms with Gasteiger partial charge >= 0.3 is 0 Å². The average molecular weight is 257 g/mol. The van der Waals surface area contributed by atoms with E-state index in [9.17, 15) is 0 Å². The lowest BCUT2D eigenvalue weighted by Gasteiger charge is -2.25. The summed E-state index contributed by atoms with van der Waals surface area (Å²) in [5, 5.41) is 4.48. The van der Waals surface area contributed by atoms with Crippen molar-refractivity contribution in [3.8, 4) is 0 Å². The van der Waals surface area contributed by atoms with Crippen molar-refractivity contribution >= 4 is 0 Å². The summed E-state index contributed by atoms with van der Waals surface area (Å²) >= 11 is 0. The largest absolute Gasteiger partial charge is 0.325 e. The zero-order valence-electron chi connectivity index (χ0n) is 12.1. The second-order valence-electron chi connectivity index (χ2n) is 5.59. The lowest BCUT2D eigenvalue weighted by atomic mass is 9.89. The van der Waals surface area contributed by atoms with Crippen LogP contribution in [-0.4, -0.2) is 15.3 Å². The predicted octanol–water partition coefficient (Wildman–Crippen LogP) is 2.71. The maximum Gasteiger partial charge on any atom is 0.0596 e. The number of benzene rings is 1. The maximum absolute atomic E-state index is 6.47. The Labute approximate surface area is 115 Å². The van der Waals surface area contributed by atoms with Gasteiger partial charge in [-0.25, -0.2) is 0 Å². The predicted molar refractivity (Wildman–Crippen MR) is 79.1 cm³/mol. The third-order valence-corrected chi connectivity index (χ3v) is 3.32. The first-order valence-electron chi connectivity index (χ1n) is 6.86. The molecule has 3 heteroatoms. The number of aryl methyl sites for hydroxylation is 2. The van der Waals surface area contributed by atoms with Gasteiger partial charge in [-0.05, 0) is 38.8 Å². The highest BCUT2D eigenvalue weighted by molar-refractivity contribution is 5.19. The molecule has 0 saturated carbocycles. The van der Waals surface area contributed by atoms with Gasteiger partial charge in [-0.15, -0.1) is 0 Å². The molecule has 1 heterocycles. The highest BCUT2D eigenvalue weighted by Crippen LogP contribution is 2.17. The van der Waals surface area contributed by atoms with Crippen LogP contribution in [0.25, 0.3) is 0 Å². The standard InChI is InChI=1S/C16H23N3/c1-4-19-15(10-13(2)18-19)12-16(3,17)11-14-8-6-5-7-9-14/h5-10H,4,11-12,17H2,1-3H3. The highest BCUT2D eigenvalue weighted by atomic mass is 15.3. The zero-order chi connectivity index (χ0) is 13.9. The van der Waals surface area contributed by atoms with Crippen molar-refractivity contribution in [1.29, 1.82) is 0 Å². The molecule has 0 saturated heterocycles. The number of nitrogens with zero attached hydrogens (tertiary/aromatic N) is 2. The van der Waals surface area contributed by atoms with E-state index in [-0.39, 0.29) is 5.54 Å². The fourth-order valence-corrected chi connectivity index (χ4v) is 2.55. The number of hydrogen-bond acceptors (Lipinski definition) is 2. The van der Waals surface area contributed by atoms with E-state index < -0.39 is 0 Å². The van der Waals surface area contributed by atoms with Crippen molar-refractivity contribution in [3.63, 3.8) is 0 Å². The van der Waals surface area contributed by atoms with Gasteiger partial charge in [0.25, 0.3) is 0 Å². The van der Waals surface area contributed by atoms with E-state index in [0.29, 0.717) is 0 Å². The SMILES string of the molecule is CCn1nc(C)cc1CC(C)(N)Cc1ccccc1. The van der Waals surface area contributed by atoms with Crippen LogP contribution in [0.1, 0.15) is 30.8 Å². The molecule has 1 atom stereocenters. The molecule has 0 amide bonds. The van der Waals surface area contributed by atoms with E-state index in [2.05, 4.69) is 49.3 Å². The van der Waals surface area contributed by atoms with Gasteiger partial charge in [0.15, 0.2) is 0 Å². The average Bonchev–Trinajstić information content (AvgIpc) is 2.69. The van der Waals surface area contributed by atoms with Gasteiger partial charge in [-0.1, -0.05) is 30.3 Å². The summed E-state index contributed by atoms with van der Waals surface area (Å²) in [5.74, 6) is 0. The Balaban J connectivity index is 2.12. The lowest BCUT2D eigenvalue weighted by molar-refractivity contribution is 0.442. The number of hydrogen-bond donors (Lipinski definition) is 1. The van der Waals surface area contributed by atoms with Crippen LogP contribution in [0.5, 0.6) is 0 Å². The molecule has 3 nitrogen and oxygen atoms in total. The Morgan fingerprint density at radius 3 is 2.53 bits per heavy atom. The van der Waals surface area contributed by atoms with Crippen LogP contribution in [0.2, 0.25) is 0 Å². The molecule has 2 rings (SSSR count). The number of nitrogens with two attached hydrogens (primary N) is 1. The third kappa shape index (κ3) is 3.67. The first kappa shape index (κ1) is 13.8. The van der Waals surface area contributed by atoms with Crippen molar-refractivity contribution in [2.45, 2.75) is 45.7 Å². The summed E-state index contributed by atoms with van der Waals surface area (Å²) in [7, 11) is 0. The van der Waals surface area contributed by atoms with E-state index in [0.717, 1.165) is 25.1 Å². The van der Waals surface area contributed by atoms with Gasteiger partial charge < -0.3 is 5.73 Å². The van der Waals surface area contributed by atoms with Crippen LogP contribution in [0.4, 0.5) is 0 Å². The van der Waals surface area contributed by atoms with Crippen LogP contribution in [0.15, 0.2) is 36.4 Å². The van der Waals surface area contributed by atoms with Gasteiger partial charge in [0.05, 0.1) is 5.69 Å². The Kier molecular flexibility index (Phi) is 4.05. The van der Waals surface area contributed by atoms with Gasteiger partial charge in [-0.3, -0.25) is 4.68 Å². The number of aromatic nitrogens is 2. The molecular weight excluding hydrogens is 234 g/mol. The van der Waals surface area contributed by atoms with Crippen LogP contribution in [0, 0.1) is 6.92 Å². The second-order valence-corrected chi connectivity index (χ2v) is 5.59. The normalized spacial score (nSPS) is 14.3. The Morgan fingerprint density at radius 2 is 1.89 bits per heavy atom. The minimum atomic E-state index is -0.249. The first-order chi connectivity index (χ1) is 9.00. The minimum Gasteiger partial charge on any atom is -0.325 e. The van der Waals surface area contributed by atoms with E-state index in [1.54, 1.807) is 0 Å². The van der Waals surface area contributed by atoms with Crippen molar-refractivity contribution in [3.05, 3.63) is 53.3 Å². The smallest absolute Gasteiger partial charge is 0.0596 e. The molecule has 0 radical (unpaired) electrons. The molecular formula is C16H23N3. The van der Waals surface area contributed by atoms with Crippen LogP contribution in [0.3, 0.4) is 0 Å². The van der Waals surface area contributed by atoms with E-state index in [4.69, 9.17) is 5.73 Å². The summed E-state index contributed by atoms with van der Waals surface area (Å²) in [5.41, 5.74) is 9.79. The van der Waals surface area contributed by atoms with Gasteiger partial charge in [-0.2, -0.15) is 5.10 Å². The van der Waals surface area contributed by atoms with E-state index in [1.165, 1.54) is 11.3 Å². The summed E-state index contributed by atoms with van der Waals surface area (Å²) in [6.45, 7) is 7.15. The molecule has 0 aliphatic rings. The fraction of sp³-hybridized carbons (Fsp3) is 0.438. The van der Waals surface area contributed by atoms with Crippen LogP contribution >= 0.6 is 0 Å². The quantitative estimate of drug-likeness (QED) is 0.895. The topological polar surface area (TPSA) is 43.8 Å². The molecule has 0 aliphatic carbocycles. The molecule has 2 aromatic rings. The van der Waals surface area contributed by atoms with E-state index in [1.807, 2.05) is 17.7 Å². The van der Waals surface area contributed by atoms with Crippen LogP contribution in [-0.2, 0) is 19.4 Å². The molecule has 19 heavy (non-hydrogen) atoms. The maximum atomic E-state index is 6.47. The summed E-state index contributed by atoms with van der Waals surface area (Å²) in [6, 6.07) is 12.6. The molecule has 1 aromatic heterocycles. The molecule has 0 spiro atoms. The van der Waals surface area contributed by atoms with Crippen molar-refractivity contribution in [2.75, 3.05) is 0 Å². The second kappa shape index (κ2) is 5.57. The number of rotatable bonds is 5. The molecule has 102 valence electrons. The van der Waals surface area contributed by atoms with Crippen molar-refractivity contribution in [2.24, 2.45) is 5.73 Å². The molecule has 0 aliphatic heterocycles. The van der Waals surface area contributed by atoms with Crippen molar-refractivity contribution < 1.29 is 0 Å². The molecule has 1 aromatic carbocycles. The van der Waals surface area contributed by atoms with Gasteiger partial charge in [0.1, 0.15) is 0 Å². The van der Waals surface area contributed by atoms with Crippen molar-refractivity contribution in [1.82, 2.24) is 9.78 Å². The lowest BCUT2D eigenvalue weighted by Crippen LogP contribution is -2.41. The third-order valence-electron chi connectivity index (χ3n) is 3.32. The monoisotopic (exact) mass is 257 g/mol. The fourth-order valence-electron chi connectivity index (χ4n) is 2.55. The summed E-state index contributed by atoms with van der Waals surface area (Å²) in [6.07, 6.45) is 1.72. The van der Waals surface area contributed by atoms with Gasteiger partial charge in [0.2, 0.25) is 0 Å². The van der Waals surface area contributed by atoms with E-state index >= 15 is 0 Å². The molecule has 1 unspecified atom stereocenters. The molecule has 2 N–H and O–H groups in total. The summed E-state index contributed by atoms with van der Waals surface area (Å²) < 4.78 is 2.05.